The van der Waals surface area contributed by atoms with E-state index >= 15 is 0 Å². The number of thiophene rings is 1. The Morgan fingerprint density at radius 2 is 1.90 bits per heavy atom. The summed E-state index contributed by atoms with van der Waals surface area (Å²) in [5, 5.41) is 4.45. The van der Waals surface area contributed by atoms with Crippen LogP contribution in [0.25, 0.3) is 0 Å². The van der Waals surface area contributed by atoms with E-state index in [1.807, 2.05) is 31.4 Å². The van der Waals surface area contributed by atoms with Crippen LogP contribution < -0.4 is 5.32 Å². The van der Waals surface area contributed by atoms with Crippen LogP contribution in [0.1, 0.15) is 46.6 Å². The lowest BCUT2D eigenvalue weighted by Crippen LogP contribution is -2.47. The van der Waals surface area contributed by atoms with Crippen molar-refractivity contribution in [2.45, 2.75) is 25.8 Å². The van der Waals surface area contributed by atoms with Crippen molar-refractivity contribution in [1.29, 1.82) is 0 Å². The Bertz CT molecular complexity index is 1110. The monoisotopic (exact) mass is 440 g/mol. The Hall–Kier alpha value is -3.06. The van der Waals surface area contributed by atoms with Gasteiger partial charge in [0.2, 0.25) is 5.91 Å². The van der Waals surface area contributed by atoms with Gasteiger partial charge in [-0.2, -0.15) is 0 Å². The first kappa shape index (κ1) is 21.2. The SMILES string of the molecule is CC(C)CN1C(=O)c2ccccc2[C@H](C(=O)Nc2cc(F)ccc2F)[C@@H]1c1cccs1. The second-order valence-electron chi connectivity index (χ2n) is 7.99. The lowest BCUT2D eigenvalue weighted by atomic mass is 9.81. The van der Waals surface area contributed by atoms with E-state index in [1.54, 1.807) is 29.2 Å². The van der Waals surface area contributed by atoms with Crippen molar-refractivity contribution in [2.24, 2.45) is 5.92 Å². The van der Waals surface area contributed by atoms with Crippen LogP contribution >= 0.6 is 11.3 Å². The van der Waals surface area contributed by atoms with Crippen molar-refractivity contribution in [2.75, 3.05) is 11.9 Å². The second kappa shape index (κ2) is 8.59. The van der Waals surface area contributed by atoms with Crippen LogP contribution in [-0.2, 0) is 4.79 Å². The van der Waals surface area contributed by atoms with Crippen molar-refractivity contribution in [1.82, 2.24) is 4.90 Å². The number of benzene rings is 2. The molecule has 2 atom stereocenters. The van der Waals surface area contributed by atoms with E-state index in [0.29, 0.717) is 17.7 Å². The minimum absolute atomic E-state index is 0.135. The maximum absolute atomic E-state index is 14.2. The van der Waals surface area contributed by atoms with Gasteiger partial charge in [-0.25, -0.2) is 8.78 Å². The standard InChI is InChI=1S/C24H22F2N2O2S/c1-14(2)13-28-22(20-8-5-11-31-20)21(16-6-3-4-7-17(16)24(28)30)23(29)27-19-12-15(25)9-10-18(19)26/h3-12,14,21-22H,13H2,1-2H3,(H,27,29)/t21-,22-/m0/s1. The van der Waals surface area contributed by atoms with E-state index in [2.05, 4.69) is 5.32 Å². The molecule has 1 aliphatic heterocycles. The number of rotatable bonds is 5. The van der Waals surface area contributed by atoms with Crippen LogP contribution in [0.2, 0.25) is 0 Å². The van der Waals surface area contributed by atoms with Gasteiger partial charge >= 0.3 is 0 Å². The summed E-state index contributed by atoms with van der Waals surface area (Å²) >= 11 is 1.46. The van der Waals surface area contributed by atoms with Gasteiger partial charge in [0.15, 0.2) is 0 Å². The molecule has 0 spiro atoms. The van der Waals surface area contributed by atoms with Crippen molar-refractivity contribution < 1.29 is 18.4 Å². The molecule has 1 aromatic heterocycles. The van der Waals surface area contributed by atoms with Gasteiger partial charge in [-0.3, -0.25) is 9.59 Å². The molecule has 0 fully saturated rings. The molecule has 0 bridgehead atoms. The van der Waals surface area contributed by atoms with Gasteiger partial charge in [0.1, 0.15) is 11.6 Å². The lowest BCUT2D eigenvalue weighted by molar-refractivity contribution is -0.119. The quantitative estimate of drug-likeness (QED) is 0.561. The Balaban J connectivity index is 1.83. The van der Waals surface area contributed by atoms with E-state index < -0.39 is 29.5 Å². The molecule has 0 saturated heterocycles. The summed E-state index contributed by atoms with van der Waals surface area (Å²) in [6.45, 7) is 4.49. The molecule has 7 heteroatoms. The molecule has 3 aromatic rings. The number of anilines is 1. The van der Waals surface area contributed by atoms with E-state index in [9.17, 15) is 18.4 Å². The molecule has 4 rings (SSSR count). The third kappa shape index (κ3) is 4.10. The first-order chi connectivity index (χ1) is 14.9. The van der Waals surface area contributed by atoms with E-state index in [-0.39, 0.29) is 17.5 Å². The van der Waals surface area contributed by atoms with Crippen LogP contribution in [0.4, 0.5) is 14.5 Å². The molecule has 2 aromatic carbocycles. The Kier molecular flexibility index (Phi) is 5.87. The molecule has 0 aliphatic carbocycles. The number of hydrogen-bond donors (Lipinski definition) is 1. The number of halogens is 2. The average Bonchev–Trinajstić information content (AvgIpc) is 3.26. The predicted molar refractivity (Wildman–Crippen MR) is 117 cm³/mol. The van der Waals surface area contributed by atoms with Crippen LogP contribution in [0.3, 0.4) is 0 Å². The fourth-order valence-corrected chi connectivity index (χ4v) is 4.92. The number of nitrogens with one attached hydrogen (secondary N) is 1. The number of fused-ring (bicyclic) bond motifs is 1. The number of carbonyl (C=O) groups is 2. The molecule has 4 nitrogen and oxygen atoms in total. The van der Waals surface area contributed by atoms with Gasteiger partial charge in [-0.15, -0.1) is 11.3 Å². The van der Waals surface area contributed by atoms with Crippen molar-refractivity contribution in [3.63, 3.8) is 0 Å². The molecular weight excluding hydrogens is 418 g/mol. The van der Waals surface area contributed by atoms with Crippen molar-refractivity contribution >= 4 is 28.8 Å². The summed E-state index contributed by atoms with van der Waals surface area (Å²) in [5.74, 6) is -2.58. The lowest BCUT2D eigenvalue weighted by Gasteiger charge is -2.42. The minimum atomic E-state index is -0.769. The van der Waals surface area contributed by atoms with Crippen molar-refractivity contribution in [3.05, 3.63) is 87.6 Å². The Morgan fingerprint density at radius 3 is 2.61 bits per heavy atom. The molecule has 0 unspecified atom stereocenters. The predicted octanol–water partition coefficient (Wildman–Crippen LogP) is 5.60. The molecule has 1 aliphatic rings. The molecule has 160 valence electrons. The number of amides is 2. The summed E-state index contributed by atoms with van der Waals surface area (Å²) in [7, 11) is 0. The zero-order chi connectivity index (χ0) is 22.1. The zero-order valence-electron chi connectivity index (χ0n) is 17.1. The highest BCUT2D eigenvalue weighted by Crippen LogP contribution is 2.45. The summed E-state index contributed by atoms with van der Waals surface area (Å²) in [4.78, 5) is 29.5. The molecule has 0 saturated carbocycles. The fourth-order valence-electron chi connectivity index (χ4n) is 4.05. The summed E-state index contributed by atoms with van der Waals surface area (Å²) in [6, 6.07) is 13.2. The van der Waals surface area contributed by atoms with E-state index in [1.165, 1.54) is 11.3 Å². The van der Waals surface area contributed by atoms with Gasteiger partial charge in [-0.1, -0.05) is 38.1 Å². The van der Waals surface area contributed by atoms with Gasteiger partial charge in [0.05, 0.1) is 17.6 Å². The summed E-state index contributed by atoms with van der Waals surface area (Å²) in [5.41, 5.74) is 0.816. The zero-order valence-corrected chi connectivity index (χ0v) is 18.0. The highest BCUT2D eigenvalue weighted by atomic mass is 32.1. The topological polar surface area (TPSA) is 49.4 Å². The maximum atomic E-state index is 14.2. The smallest absolute Gasteiger partial charge is 0.254 e. The average molecular weight is 441 g/mol. The van der Waals surface area contributed by atoms with Gasteiger partial charge in [-0.05, 0) is 41.1 Å². The summed E-state index contributed by atoms with van der Waals surface area (Å²) < 4.78 is 27.9. The van der Waals surface area contributed by atoms with Crippen LogP contribution in [0, 0.1) is 17.6 Å². The number of carbonyl (C=O) groups excluding carboxylic acids is 2. The molecule has 1 N–H and O–H groups in total. The third-order valence-corrected chi connectivity index (χ3v) is 6.25. The minimum Gasteiger partial charge on any atom is -0.329 e. The van der Waals surface area contributed by atoms with Gasteiger partial charge in [0, 0.05) is 23.1 Å². The van der Waals surface area contributed by atoms with E-state index in [4.69, 9.17) is 0 Å². The van der Waals surface area contributed by atoms with Crippen LogP contribution in [-0.4, -0.2) is 23.3 Å². The van der Waals surface area contributed by atoms with Crippen LogP contribution in [0.15, 0.2) is 60.0 Å². The molecular formula is C24H22F2N2O2S. The maximum Gasteiger partial charge on any atom is 0.254 e. The van der Waals surface area contributed by atoms with Gasteiger partial charge in [0.25, 0.3) is 5.91 Å². The fraction of sp³-hybridized carbons (Fsp3) is 0.250. The first-order valence-electron chi connectivity index (χ1n) is 10.1. The normalized spacial score (nSPS) is 18.2. The largest absolute Gasteiger partial charge is 0.329 e. The van der Waals surface area contributed by atoms with Crippen molar-refractivity contribution in [3.8, 4) is 0 Å². The molecule has 2 heterocycles. The highest BCUT2D eigenvalue weighted by Gasteiger charge is 2.44. The second-order valence-corrected chi connectivity index (χ2v) is 8.97. The van der Waals surface area contributed by atoms with Crippen LogP contribution in [0.5, 0.6) is 0 Å². The number of hydrogen-bond acceptors (Lipinski definition) is 3. The number of nitrogens with zero attached hydrogens (tertiary/aromatic N) is 1. The summed E-state index contributed by atoms with van der Waals surface area (Å²) in [6.07, 6.45) is 0. The van der Waals surface area contributed by atoms with Gasteiger partial charge < -0.3 is 10.2 Å². The highest BCUT2D eigenvalue weighted by molar-refractivity contribution is 7.10. The Morgan fingerprint density at radius 1 is 1.13 bits per heavy atom. The third-order valence-electron chi connectivity index (χ3n) is 5.30. The molecule has 31 heavy (non-hydrogen) atoms. The molecule has 2 amide bonds. The first-order valence-corrected chi connectivity index (χ1v) is 10.9. The molecule has 0 radical (unpaired) electrons. The van der Waals surface area contributed by atoms with E-state index in [0.717, 1.165) is 23.1 Å². The Labute approximate surface area is 183 Å².